The number of aryl methyl sites for hydroxylation is 1. The highest BCUT2D eigenvalue weighted by Crippen LogP contribution is 2.44. The number of aliphatic hydroxyl groups excluding tert-OH is 2. The number of nitrogens with zero attached hydrogens (tertiary/aromatic N) is 2. The van der Waals surface area contributed by atoms with Gasteiger partial charge < -0.3 is 20.1 Å². The van der Waals surface area contributed by atoms with Crippen LogP contribution in [0.4, 0.5) is 4.39 Å². The van der Waals surface area contributed by atoms with Crippen molar-refractivity contribution < 1.29 is 24.4 Å². The van der Waals surface area contributed by atoms with Crippen LogP contribution >= 0.6 is 0 Å². The summed E-state index contributed by atoms with van der Waals surface area (Å²) in [6.07, 6.45) is -2.21. The molecule has 2 heterocycles. The van der Waals surface area contributed by atoms with Crippen LogP contribution in [-0.4, -0.2) is 49.0 Å². The number of hydrogen-bond donors (Lipinski definition) is 3. The molecule has 1 aromatic rings. The van der Waals surface area contributed by atoms with E-state index >= 15 is 0 Å². The lowest BCUT2D eigenvalue weighted by atomic mass is 9.95. The van der Waals surface area contributed by atoms with Gasteiger partial charge in [0.2, 0.25) is 0 Å². The molecule has 0 unspecified atom stereocenters. The average Bonchev–Trinajstić information content (AvgIpc) is 2.51. The molecule has 0 saturated carbocycles. The SMILES string of the molecule is Cc1ccn([C@@H]2O[C@](F)(CO)[C@@H](O)[C@@]2(C)O)c(=O)n1. The van der Waals surface area contributed by atoms with Gasteiger partial charge in [-0.1, -0.05) is 0 Å². The van der Waals surface area contributed by atoms with Crippen molar-refractivity contribution in [2.45, 2.75) is 37.6 Å². The van der Waals surface area contributed by atoms with Crippen LogP contribution in [0.15, 0.2) is 17.1 Å². The molecule has 1 saturated heterocycles. The molecule has 2 rings (SSSR count). The van der Waals surface area contributed by atoms with Gasteiger partial charge in [0, 0.05) is 11.9 Å². The second-order valence-corrected chi connectivity index (χ2v) is 4.80. The van der Waals surface area contributed by atoms with E-state index in [9.17, 15) is 19.4 Å². The van der Waals surface area contributed by atoms with Crippen LogP contribution in [0.3, 0.4) is 0 Å². The molecule has 0 bridgehead atoms. The number of hydrogen-bond acceptors (Lipinski definition) is 6. The molecule has 1 aromatic heterocycles. The predicted molar refractivity (Wildman–Crippen MR) is 60.9 cm³/mol. The third-order valence-electron chi connectivity index (χ3n) is 3.21. The van der Waals surface area contributed by atoms with Gasteiger partial charge in [-0.2, -0.15) is 4.98 Å². The molecule has 0 amide bonds. The molecule has 3 N–H and O–H groups in total. The van der Waals surface area contributed by atoms with Crippen LogP contribution in [-0.2, 0) is 4.74 Å². The summed E-state index contributed by atoms with van der Waals surface area (Å²) >= 11 is 0. The Morgan fingerprint density at radius 3 is 2.74 bits per heavy atom. The summed E-state index contributed by atoms with van der Waals surface area (Å²) in [4.78, 5) is 15.3. The van der Waals surface area contributed by atoms with E-state index in [4.69, 9.17) is 9.84 Å². The minimum atomic E-state index is -2.83. The van der Waals surface area contributed by atoms with Gasteiger partial charge in [-0.25, -0.2) is 9.18 Å². The van der Waals surface area contributed by atoms with Gasteiger partial charge in [0.15, 0.2) is 6.23 Å². The number of alkyl halides is 1. The highest BCUT2D eigenvalue weighted by molar-refractivity contribution is 5.05. The number of rotatable bonds is 2. The number of aromatic nitrogens is 2. The van der Waals surface area contributed by atoms with Gasteiger partial charge in [-0.15, -0.1) is 0 Å². The van der Waals surface area contributed by atoms with E-state index in [0.717, 1.165) is 11.5 Å². The lowest BCUT2D eigenvalue weighted by Gasteiger charge is -2.27. The van der Waals surface area contributed by atoms with Crippen molar-refractivity contribution in [3.8, 4) is 0 Å². The maximum atomic E-state index is 14.1. The summed E-state index contributed by atoms with van der Waals surface area (Å²) in [7, 11) is 0. The highest BCUT2D eigenvalue weighted by Gasteiger charge is 2.62. The Morgan fingerprint density at radius 1 is 1.63 bits per heavy atom. The van der Waals surface area contributed by atoms with Gasteiger partial charge in [0.1, 0.15) is 18.3 Å². The van der Waals surface area contributed by atoms with Crippen molar-refractivity contribution >= 4 is 0 Å². The molecule has 0 radical (unpaired) electrons. The Hall–Kier alpha value is -1.35. The molecule has 106 valence electrons. The van der Waals surface area contributed by atoms with Gasteiger partial charge in [0.25, 0.3) is 5.85 Å². The Bertz CT molecular complexity index is 546. The first-order chi connectivity index (χ1) is 8.72. The Kier molecular flexibility index (Phi) is 3.21. The molecular weight excluding hydrogens is 259 g/mol. The minimum Gasteiger partial charge on any atom is -0.390 e. The number of halogens is 1. The molecule has 1 fully saturated rings. The summed E-state index contributed by atoms with van der Waals surface area (Å²) < 4.78 is 19.8. The van der Waals surface area contributed by atoms with E-state index in [0.29, 0.717) is 5.69 Å². The molecule has 4 atom stereocenters. The van der Waals surface area contributed by atoms with Gasteiger partial charge >= 0.3 is 5.69 Å². The van der Waals surface area contributed by atoms with Crippen LogP contribution in [0.2, 0.25) is 0 Å². The average molecular weight is 274 g/mol. The van der Waals surface area contributed by atoms with E-state index < -0.39 is 36.1 Å². The van der Waals surface area contributed by atoms with Crippen molar-refractivity contribution in [2.75, 3.05) is 6.61 Å². The third kappa shape index (κ3) is 2.06. The van der Waals surface area contributed by atoms with Gasteiger partial charge in [-0.3, -0.25) is 4.57 Å². The maximum Gasteiger partial charge on any atom is 0.349 e. The summed E-state index contributed by atoms with van der Waals surface area (Å²) in [5.41, 5.74) is -2.38. The number of aliphatic hydroxyl groups is 3. The normalized spacial score (nSPS) is 38.6. The first kappa shape index (κ1) is 14.1. The lowest BCUT2D eigenvalue weighted by molar-refractivity contribution is -0.207. The first-order valence-corrected chi connectivity index (χ1v) is 5.66. The van der Waals surface area contributed by atoms with E-state index in [1.165, 1.54) is 12.3 Å². The van der Waals surface area contributed by atoms with E-state index in [2.05, 4.69) is 4.98 Å². The Labute approximate surface area is 107 Å². The fourth-order valence-electron chi connectivity index (χ4n) is 2.08. The quantitative estimate of drug-likeness (QED) is 0.629. The fourth-order valence-corrected chi connectivity index (χ4v) is 2.08. The zero-order valence-electron chi connectivity index (χ0n) is 10.4. The monoisotopic (exact) mass is 274 g/mol. The molecule has 8 heteroatoms. The summed E-state index contributed by atoms with van der Waals surface area (Å²) in [6, 6.07) is 1.48. The molecule has 19 heavy (non-hydrogen) atoms. The van der Waals surface area contributed by atoms with Crippen LogP contribution in [0.25, 0.3) is 0 Å². The van der Waals surface area contributed by atoms with Crippen LogP contribution in [0.5, 0.6) is 0 Å². The Balaban J connectivity index is 2.48. The zero-order valence-corrected chi connectivity index (χ0v) is 10.4. The topological polar surface area (TPSA) is 105 Å². The van der Waals surface area contributed by atoms with Gasteiger partial charge in [0.05, 0.1) is 0 Å². The zero-order chi connectivity index (χ0) is 14.4. The standard InChI is InChI=1S/C11H15FN2O5/c1-6-3-4-14(9(17)13-6)8-10(2,18)7(16)11(12,5-15)19-8/h3-4,7-8,15-16,18H,5H2,1-2H3/t7-,8+,10+,11+/m0/s1. The van der Waals surface area contributed by atoms with Crippen molar-refractivity contribution in [3.63, 3.8) is 0 Å². The lowest BCUT2D eigenvalue weighted by Crippen LogP contribution is -2.49. The largest absolute Gasteiger partial charge is 0.390 e. The second-order valence-electron chi connectivity index (χ2n) is 4.80. The molecule has 1 aliphatic heterocycles. The van der Waals surface area contributed by atoms with Crippen LogP contribution in [0.1, 0.15) is 18.8 Å². The van der Waals surface area contributed by atoms with E-state index in [1.807, 2.05) is 0 Å². The molecule has 1 aliphatic rings. The second kappa shape index (κ2) is 4.34. The fraction of sp³-hybridized carbons (Fsp3) is 0.636. The van der Waals surface area contributed by atoms with E-state index in [-0.39, 0.29) is 0 Å². The number of ether oxygens (including phenoxy) is 1. The van der Waals surface area contributed by atoms with Crippen molar-refractivity contribution in [3.05, 3.63) is 28.4 Å². The summed E-state index contributed by atoms with van der Waals surface area (Å²) in [6.45, 7) is 1.57. The van der Waals surface area contributed by atoms with Crippen molar-refractivity contribution in [1.29, 1.82) is 0 Å². The van der Waals surface area contributed by atoms with Crippen molar-refractivity contribution in [1.82, 2.24) is 9.55 Å². The molecule has 7 nitrogen and oxygen atoms in total. The molecular formula is C11H15FN2O5. The molecule has 0 aromatic carbocycles. The van der Waals surface area contributed by atoms with Crippen LogP contribution in [0, 0.1) is 6.92 Å². The smallest absolute Gasteiger partial charge is 0.349 e. The highest BCUT2D eigenvalue weighted by atomic mass is 19.2. The summed E-state index contributed by atoms with van der Waals surface area (Å²) in [5, 5.41) is 28.8. The summed E-state index contributed by atoms with van der Waals surface area (Å²) in [5.74, 6) is -2.83. The predicted octanol–water partition coefficient (Wildman–Crippen LogP) is -1.15. The van der Waals surface area contributed by atoms with E-state index in [1.54, 1.807) is 6.92 Å². The molecule has 0 aliphatic carbocycles. The maximum absolute atomic E-state index is 14.1. The first-order valence-electron chi connectivity index (χ1n) is 5.66. The van der Waals surface area contributed by atoms with Crippen LogP contribution < -0.4 is 5.69 Å². The van der Waals surface area contributed by atoms with Gasteiger partial charge in [-0.05, 0) is 19.9 Å². The minimum absolute atomic E-state index is 0.452. The molecule has 0 spiro atoms. The third-order valence-corrected chi connectivity index (χ3v) is 3.21. The van der Waals surface area contributed by atoms with Crippen molar-refractivity contribution in [2.24, 2.45) is 0 Å². The Morgan fingerprint density at radius 2 is 2.26 bits per heavy atom.